The number of likely N-dealkylation sites (tertiary alicyclic amines) is 2. The van der Waals surface area contributed by atoms with Gasteiger partial charge in [-0.25, -0.2) is 0 Å². The molecule has 3 rings (SSSR count). The summed E-state index contributed by atoms with van der Waals surface area (Å²) in [5.41, 5.74) is 0. The standard InChI is InChI=1S/C20H35N5O2/c1-21-20(22-12-15-25-18(26)8-5-9-19(25)27)23-16-10-13-24(14-11-16)17-6-3-2-4-7-17/h16-17H,2-15H2,1H3,(H2,21,22,23). The summed E-state index contributed by atoms with van der Waals surface area (Å²) < 4.78 is 0. The van der Waals surface area contributed by atoms with E-state index < -0.39 is 0 Å². The lowest BCUT2D eigenvalue weighted by Gasteiger charge is -2.39. The molecule has 2 N–H and O–H groups in total. The Hall–Kier alpha value is -1.63. The first-order chi connectivity index (χ1) is 13.2. The molecule has 1 aliphatic carbocycles. The zero-order valence-electron chi connectivity index (χ0n) is 16.7. The smallest absolute Gasteiger partial charge is 0.229 e. The molecular weight excluding hydrogens is 342 g/mol. The number of piperidine rings is 2. The molecular formula is C20H35N5O2. The molecule has 0 aromatic rings. The summed E-state index contributed by atoms with van der Waals surface area (Å²) in [5, 5.41) is 6.77. The lowest BCUT2D eigenvalue weighted by atomic mass is 9.92. The van der Waals surface area contributed by atoms with Crippen LogP contribution in [0.5, 0.6) is 0 Å². The van der Waals surface area contributed by atoms with Crippen LogP contribution in [0.25, 0.3) is 0 Å². The predicted molar refractivity (Wildman–Crippen MR) is 107 cm³/mol. The molecule has 152 valence electrons. The van der Waals surface area contributed by atoms with Crippen molar-refractivity contribution in [3.8, 4) is 0 Å². The molecule has 0 radical (unpaired) electrons. The third-order valence-electron chi connectivity index (χ3n) is 6.20. The number of nitrogens with zero attached hydrogens (tertiary/aromatic N) is 3. The van der Waals surface area contributed by atoms with E-state index in [9.17, 15) is 9.59 Å². The molecule has 27 heavy (non-hydrogen) atoms. The van der Waals surface area contributed by atoms with Gasteiger partial charge in [0.25, 0.3) is 0 Å². The highest BCUT2D eigenvalue weighted by atomic mass is 16.2. The fourth-order valence-corrected chi connectivity index (χ4v) is 4.58. The van der Waals surface area contributed by atoms with E-state index in [0.717, 1.165) is 37.9 Å². The molecule has 2 heterocycles. The zero-order chi connectivity index (χ0) is 19.1. The van der Waals surface area contributed by atoms with Crippen LogP contribution >= 0.6 is 0 Å². The average molecular weight is 378 g/mol. The van der Waals surface area contributed by atoms with Gasteiger partial charge < -0.3 is 15.5 Å². The Bertz CT molecular complexity index is 520. The number of aliphatic imine (C=N–C) groups is 1. The molecule has 0 bridgehead atoms. The second-order valence-electron chi connectivity index (χ2n) is 8.04. The maximum absolute atomic E-state index is 11.9. The van der Waals surface area contributed by atoms with Crippen molar-refractivity contribution in [1.82, 2.24) is 20.4 Å². The first-order valence-electron chi connectivity index (χ1n) is 10.7. The highest BCUT2D eigenvalue weighted by Gasteiger charge is 2.27. The fourth-order valence-electron chi connectivity index (χ4n) is 4.58. The van der Waals surface area contributed by atoms with Crippen LogP contribution in [-0.4, -0.2) is 72.9 Å². The Kier molecular flexibility index (Phi) is 7.50. The average Bonchev–Trinajstić information content (AvgIpc) is 2.70. The Morgan fingerprint density at radius 3 is 2.30 bits per heavy atom. The molecule has 7 heteroatoms. The number of rotatable bonds is 5. The van der Waals surface area contributed by atoms with Crippen LogP contribution in [0.3, 0.4) is 0 Å². The highest BCUT2D eigenvalue weighted by molar-refractivity contribution is 5.97. The van der Waals surface area contributed by atoms with E-state index in [1.54, 1.807) is 7.05 Å². The zero-order valence-corrected chi connectivity index (χ0v) is 16.7. The molecule has 2 aliphatic heterocycles. The molecule has 7 nitrogen and oxygen atoms in total. The molecule has 0 unspecified atom stereocenters. The van der Waals surface area contributed by atoms with Crippen molar-refractivity contribution in [2.75, 3.05) is 33.2 Å². The summed E-state index contributed by atoms with van der Waals surface area (Å²) in [6.45, 7) is 3.28. The summed E-state index contributed by atoms with van der Waals surface area (Å²) in [5.74, 6) is 0.667. The van der Waals surface area contributed by atoms with Gasteiger partial charge >= 0.3 is 0 Å². The molecule has 0 spiro atoms. The van der Waals surface area contributed by atoms with Gasteiger partial charge in [0.1, 0.15) is 0 Å². The molecule has 0 aromatic carbocycles. The van der Waals surface area contributed by atoms with Crippen LogP contribution in [-0.2, 0) is 9.59 Å². The Balaban J connectivity index is 1.36. The number of carbonyl (C=O) groups excluding carboxylic acids is 2. The number of imide groups is 1. The molecule has 3 fully saturated rings. The normalized spacial score (nSPS) is 24.3. The first kappa shape index (κ1) is 20.1. The van der Waals surface area contributed by atoms with Gasteiger partial charge in [0, 0.05) is 58.2 Å². The van der Waals surface area contributed by atoms with E-state index in [4.69, 9.17) is 0 Å². The van der Waals surface area contributed by atoms with Crippen molar-refractivity contribution in [3.05, 3.63) is 0 Å². The minimum absolute atomic E-state index is 0.0499. The predicted octanol–water partition coefficient (Wildman–Crippen LogP) is 1.49. The highest BCUT2D eigenvalue weighted by Crippen LogP contribution is 2.25. The van der Waals surface area contributed by atoms with Gasteiger partial charge in [-0.15, -0.1) is 0 Å². The lowest BCUT2D eigenvalue weighted by molar-refractivity contribution is -0.147. The first-order valence-corrected chi connectivity index (χ1v) is 10.7. The van der Waals surface area contributed by atoms with E-state index in [1.165, 1.54) is 37.0 Å². The number of hydrogen-bond donors (Lipinski definition) is 2. The minimum atomic E-state index is -0.0499. The van der Waals surface area contributed by atoms with Crippen molar-refractivity contribution in [2.45, 2.75) is 76.3 Å². The van der Waals surface area contributed by atoms with Gasteiger partial charge in [-0.2, -0.15) is 0 Å². The SMILES string of the molecule is CN=C(NCCN1C(=O)CCCC1=O)NC1CCN(C2CCCCC2)CC1. The van der Waals surface area contributed by atoms with Gasteiger partial charge in [0.05, 0.1) is 0 Å². The fraction of sp³-hybridized carbons (Fsp3) is 0.850. The summed E-state index contributed by atoms with van der Waals surface area (Å²) >= 11 is 0. The lowest BCUT2D eigenvalue weighted by Crippen LogP contribution is -2.52. The van der Waals surface area contributed by atoms with Crippen LogP contribution in [0.1, 0.15) is 64.2 Å². The van der Waals surface area contributed by atoms with Crippen molar-refractivity contribution in [2.24, 2.45) is 4.99 Å². The monoisotopic (exact) mass is 377 g/mol. The topological polar surface area (TPSA) is 77.0 Å². The van der Waals surface area contributed by atoms with Crippen molar-refractivity contribution < 1.29 is 9.59 Å². The van der Waals surface area contributed by atoms with E-state index >= 15 is 0 Å². The molecule has 2 amide bonds. The molecule has 1 saturated carbocycles. The maximum Gasteiger partial charge on any atom is 0.229 e. The van der Waals surface area contributed by atoms with Crippen LogP contribution in [0.15, 0.2) is 4.99 Å². The summed E-state index contributed by atoms with van der Waals surface area (Å²) in [7, 11) is 1.77. The summed E-state index contributed by atoms with van der Waals surface area (Å²) in [6.07, 6.45) is 10.9. The number of amides is 2. The van der Waals surface area contributed by atoms with E-state index in [2.05, 4.69) is 20.5 Å². The largest absolute Gasteiger partial charge is 0.355 e. The maximum atomic E-state index is 11.9. The third-order valence-corrected chi connectivity index (χ3v) is 6.20. The van der Waals surface area contributed by atoms with Gasteiger partial charge in [-0.3, -0.25) is 19.5 Å². The second-order valence-corrected chi connectivity index (χ2v) is 8.04. The van der Waals surface area contributed by atoms with Crippen molar-refractivity contribution in [1.29, 1.82) is 0 Å². The van der Waals surface area contributed by atoms with Crippen LogP contribution in [0.2, 0.25) is 0 Å². The number of guanidine groups is 1. The second kappa shape index (κ2) is 10.1. The minimum Gasteiger partial charge on any atom is -0.355 e. The number of nitrogens with one attached hydrogen (secondary N) is 2. The molecule has 0 atom stereocenters. The van der Waals surface area contributed by atoms with E-state index in [-0.39, 0.29) is 11.8 Å². The van der Waals surface area contributed by atoms with Crippen molar-refractivity contribution >= 4 is 17.8 Å². The Morgan fingerprint density at radius 1 is 1.00 bits per heavy atom. The van der Waals surface area contributed by atoms with Crippen LogP contribution < -0.4 is 10.6 Å². The van der Waals surface area contributed by atoms with Crippen LogP contribution in [0, 0.1) is 0 Å². The quantitative estimate of drug-likeness (QED) is 0.431. The Morgan fingerprint density at radius 2 is 1.67 bits per heavy atom. The van der Waals surface area contributed by atoms with Gasteiger partial charge in [0.15, 0.2) is 5.96 Å². The Labute approximate surface area is 162 Å². The summed E-state index contributed by atoms with van der Waals surface area (Å²) in [4.78, 5) is 32.1. The number of hydrogen-bond acceptors (Lipinski definition) is 4. The van der Waals surface area contributed by atoms with Gasteiger partial charge in [-0.05, 0) is 32.1 Å². The molecule has 0 aromatic heterocycles. The van der Waals surface area contributed by atoms with Gasteiger partial charge in [0.2, 0.25) is 11.8 Å². The number of carbonyl (C=O) groups is 2. The van der Waals surface area contributed by atoms with E-state index in [1.807, 2.05) is 0 Å². The molecule has 3 aliphatic rings. The third kappa shape index (κ3) is 5.67. The summed E-state index contributed by atoms with van der Waals surface area (Å²) in [6, 6.07) is 1.24. The van der Waals surface area contributed by atoms with Crippen molar-refractivity contribution in [3.63, 3.8) is 0 Å². The van der Waals surface area contributed by atoms with Crippen LogP contribution in [0.4, 0.5) is 0 Å². The van der Waals surface area contributed by atoms with Gasteiger partial charge in [-0.1, -0.05) is 19.3 Å². The van der Waals surface area contributed by atoms with E-state index in [0.29, 0.717) is 38.4 Å². The molecule has 2 saturated heterocycles.